The zero-order chi connectivity index (χ0) is 17.2. The fourth-order valence-electron chi connectivity index (χ4n) is 3.34. The van der Waals surface area contributed by atoms with Crippen molar-refractivity contribution in [2.45, 2.75) is 104 Å². The third-order valence-electron chi connectivity index (χ3n) is 5.10. The van der Waals surface area contributed by atoms with Crippen LogP contribution in [0.5, 0.6) is 0 Å². The third-order valence-corrected chi connectivity index (χ3v) is 10.0. The van der Waals surface area contributed by atoms with E-state index in [1.165, 1.54) is 77.7 Å². The first kappa shape index (κ1) is 22.0. The predicted molar refractivity (Wildman–Crippen MR) is 116 cm³/mol. The largest absolute Gasteiger partial charge is 0.469 e. The third kappa shape index (κ3) is 8.23. The van der Waals surface area contributed by atoms with Crippen LogP contribution in [-0.2, 0) is 9.53 Å². The molecule has 2 atom stereocenters. The van der Waals surface area contributed by atoms with Gasteiger partial charge in [0.15, 0.2) is 0 Å². The summed E-state index contributed by atoms with van der Waals surface area (Å²) >= 11 is 5.50. The fourth-order valence-corrected chi connectivity index (χ4v) is 6.67. The van der Waals surface area contributed by atoms with Gasteiger partial charge in [-0.15, -0.1) is 0 Å². The molecule has 0 amide bonds. The minimum atomic E-state index is -0.0668. The number of esters is 1. The van der Waals surface area contributed by atoms with Gasteiger partial charge in [0.25, 0.3) is 0 Å². The Labute approximate surface area is 170 Å². The molecule has 1 fully saturated rings. The summed E-state index contributed by atoms with van der Waals surface area (Å²) in [5, 5.41) is 0. The van der Waals surface area contributed by atoms with Crippen molar-refractivity contribution in [1.82, 2.24) is 0 Å². The summed E-state index contributed by atoms with van der Waals surface area (Å²) in [6.45, 7) is 2.28. The first-order valence-corrected chi connectivity index (χ1v) is 11.6. The van der Waals surface area contributed by atoms with Gasteiger partial charge in [-0.25, -0.2) is 0 Å². The van der Waals surface area contributed by atoms with Gasteiger partial charge in [-0.05, 0) is 25.7 Å². The Morgan fingerprint density at radius 2 is 1.35 bits per heavy atom. The lowest BCUT2D eigenvalue weighted by molar-refractivity contribution is -0.140. The average Bonchev–Trinajstić information content (AvgIpc) is 3.07. The molecule has 1 aliphatic carbocycles. The monoisotopic (exact) mass is 548 g/mol. The van der Waals surface area contributed by atoms with Gasteiger partial charge in [0.05, 0.1) is 7.11 Å². The maximum Gasteiger partial charge on any atom is 0.305 e. The van der Waals surface area contributed by atoms with Crippen LogP contribution in [0.4, 0.5) is 0 Å². The van der Waals surface area contributed by atoms with Gasteiger partial charge in [-0.2, -0.15) is 0 Å². The molecule has 23 heavy (non-hydrogen) atoms. The molecular formula is C19H34I2O2. The highest BCUT2D eigenvalue weighted by molar-refractivity contribution is 14.1. The Kier molecular flexibility index (Phi) is 11.0. The number of unbranched alkanes of at least 4 members (excludes halogenated alkanes) is 8. The smallest absolute Gasteiger partial charge is 0.305 e. The summed E-state index contributed by atoms with van der Waals surface area (Å²) in [6.07, 6.45) is 17.9. The van der Waals surface area contributed by atoms with Gasteiger partial charge in [-0.3, -0.25) is 4.79 Å². The fraction of sp³-hybridized carbons (Fsp3) is 0.947. The van der Waals surface area contributed by atoms with Crippen molar-refractivity contribution in [2.24, 2.45) is 0 Å². The molecule has 0 N–H and O–H groups in total. The topological polar surface area (TPSA) is 26.3 Å². The van der Waals surface area contributed by atoms with Crippen LogP contribution in [-0.4, -0.2) is 19.9 Å². The minimum Gasteiger partial charge on any atom is -0.469 e. The molecule has 2 unspecified atom stereocenters. The van der Waals surface area contributed by atoms with E-state index in [0.717, 1.165) is 12.8 Å². The number of hydrogen-bond acceptors (Lipinski definition) is 2. The molecule has 0 aromatic heterocycles. The Balaban J connectivity index is 2.01. The highest BCUT2D eigenvalue weighted by Gasteiger charge is 2.62. The Bertz CT molecular complexity index is 348. The van der Waals surface area contributed by atoms with E-state index in [9.17, 15) is 4.79 Å². The maximum absolute atomic E-state index is 11.0. The number of carbonyl (C=O) groups excluding carboxylic acids is 1. The van der Waals surface area contributed by atoms with Crippen molar-refractivity contribution < 1.29 is 9.53 Å². The van der Waals surface area contributed by atoms with Crippen LogP contribution in [0.15, 0.2) is 0 Å². The van der Waals surface area contributed by atoms with Crippen molar-refractivity contribution in [1.29, 1.82) is 0 Å². The molecular weight excluding hydrogens is 514 g/mol. The summed E-state index contributed by atoms with van der Waals surface area (Å²) in [5.41, 5.74) is 0. The molecule has 0 radical (unpaired) electrons. The quantitative estimate of drug-likeness (QED) is 0.101. The van der Waals surface area contributed by atoms with Crippen molar-refractivity contribution in [3.63, 3.8) is 0 Å². The lowest BCUT2D eigenvalue weighted by atomic mass is 10.0. The summed E-state index contributed by atoms with van der Waals surface area (Å²) in [6, 6.07) is 0. The SMILES string of the molecule is CCCCCCCC1(I)CC1(I)CCCCCCCC(=O)OC. The van der Waals surface area contributed by atoms with E-state index in [1.54, 1.807) is 0 Å². The van der Waals surface area contributed by atoms with Crippen LogP contribution >= 0.6 is 45.2 Å². The minimum absolute atomic E-state index is 0.0668. The Morgan fingerprint density at radius 1 is 0.870 bits per heavy atom. The molecule has 0 bridgehead atoms. The molecule has 1 aliphatic rings. The number of alkyl halides is 2. The second-order valence-corrected chi connectivity index (χ2v) is 11.2. The molecule has 136 valence electrons. The van der Waals surface area contributed by atoms with Crippen LogP contribution in [0.3, 0.4) is 0 Å². The van der Waals surface area contributed by atoms with Gasteiger partial charge in [0, 0.05) is 13.3 Å². The number of carbonyl (C=O) groups is 1. The first-order valence-electron chi connectivity index (χ1n) is 9.42. The number of hydrogen-bond donors (Lipinski definition) is 0. The molecule has 2 nitrogen and oxygen atoms in total. The summed E-state index contributed by atoms with van der Waals surface area (Å²) in [4.78, 5) is 11.0. The van der Waals surface area contributed by atoms with Crippen LogP contribution in [0, 0.1) is 0 Å². The molecule has 4 heteroatoms. The van der Waals surface area contributed by atoms with Crippen molar-refractivity contribution in [2.75, 3.05) is 7.11 Å². The van der Waals surface area contributed by atoms with E-state index in [1.807, 2.05) is 0 Å². The predicted octanol–water partition coefficient (Wildman–Crippen LogP) is 7.00. The zero-order valence-electron chi connectivity index (χ0n) is 15.0. The lowest BCUT2D eigenvalue weighted by Crippen LogP contribution is -2.13. The van der Waals surface area contributed by atoms with Gasteiger partial charge in [0.1, 0.15) is 0 Å². The standard InChI is InChI=1S/C19H34I2O2/c1-3-4-5-8-11-14-18(20)16-19(18,21)15-12-9-6-7-10-13-17(22)23-2/h3-16H2,1-2H3. The number of ether oxygens (including phenoxy) is 1. The normalized spacial score (nSPS) is 26.3. The highest BCUT2D eigenvalue weighted by Crippen LogP contribution is 2.66. The van der Waals surface area contributed by atoms with E-state index < -0.39 is 0 Å². The van der Waals surface area contributed by atoms with Crippen LogP contribution in [0.25, 0.3) is 0 Å². The first-order chi connectivity index (χ1) is 11.0. The van der Waals surface area contributed by atoms with Crippen LogP contribution in [0.1, 0.15) is 96.8 Å². The maximum atomic E-state index is 11.0. The van der Waals surface area contributed by atoms with Gasteiger partial charge < -0.3 is 4.74 Å². The molecule has 0 spiro atoms. The van der Waals surface area contributed by atoms with Crippen LogP contribution in [0.2, 0.25) is 0 Å². The number of rotatable bonds is 14. The molecule has 0 aromatic carbocycles. The van der Waals surface area contributed by atoms with E-state index in [4.69, 9.17) is 0 Å². The second-order valence-electron chi connectivity index (χ2n) is 7.12. The molecule has 1 saturated carbocycles. The van der Waals surface area contributed by atoms with E-state index in [-0.39, 0.29) is 5.97 Å². The zero-order valence-corrected chi connectivity index (χ0v) is 19.3. The van der Waals surface area contributed by atoms with Crippen molar-refractivity contribution >= 4 is 51.2 Å². The molecule has 0 aliphatic heterocycles. The van der Waals surface area contributed by atoms with Crippen molar-refractivity contribution in [3.05, 3.63) is 0 Å². The second kappa shape index (κ2) is 11.5. The molecule has 0 saturated heterocycles. The Hall–Kier alpha value is 0.930. The van der Waals surface area contributed by atoms with Gasteiger partial charge in [0.2, 0.25) is 0 Å². The average molecular weight is 548 g/mol. The van der Waals surface area contributed by atoms with Crippen LogP contribution < -0.4 is 0 Å². The Morgan fingerprint density at radius 3 is 1.87 bits per heavy atom. The van der Waals surface area contributed by atoms with Crippen molar-refractivity contribution in [3.8, 4) is 0 Å². The van der Waals surface area contributed by atoms with E-state index in [0.29, 0.717) is 13.3 Å². The van der Waals surface area contributed by atoms with E-state index in [2.05, 4.69) is 56.8 Å². The molecule has 0 aromatic rings. The molecule has 0 heterocycles. The summed E-state index contributed by atoms with van der Waals surface area (Å²) in [5.74, 6) is -0.0668. The van der Waals surface area contributed by atoms with E-state index >= 15 is 0 Å². The number of methoxy groups -OCH3 is 1. The molecule has 1 rings (SSSR count). The number of halogens is 2. The lowest BCUT2D eigenvalue weighted by Gasteiger charge is -2.16. The summed E-state index contributed by atoms with van der Waals surface area (Å²) in [7, 11) is 1.47. The summed E-state index contributed by atoms with van der Waals surface area (Å²) < 4.78 is 5.82. The van der Waals surface area contributed by atoms with Gasteiger partial charge in [-0.1, -0.05) is 110 Å². The highest BCUT2D eigenvalue weighted by atomic mass is 127. The van der Waals surface area contributed by atoms with Gasteiger partial charge >= 0.3 is 5.97 Å².